The van der Waals surface area contributed by atoms with Crippen LogP contribution in [0.25, 0.3) is 11.5 Å². The molecule has 1 amide bonds. The SMILES string of the molecule is Cc1nnc(-c2cc(NC(=O)CC(CC(=O)O)C(F)(F)F)c(F)cc2Cl)o1. The number of nitrogens with zero attached hydrogens (tertiary/aromatic N) is 2. The van der Waals surface area contributed by atoms with Crippen LogP contribution in [0.4, 0.5) is 23.2 Å². The highest BCUT2D eigenvalue weighted by molar-refractivity contribution is 6.33. The third-order valence-corrected chi connectivity index (χ3v) is 3.72. The average molecular weight is 410 g/mol. The van der Waals surface area contributed by atoms with Crippen LogP contribution < -0.4 is 5.32 Å². The van der Waals surface area contributed by atoms with E-state index in [1.54, 1.807) is 0 Å². The molecular formula is C15H12ClF4N3O4. The molecule has 2 aromatic rings. The van der Waals surface area contributed by atoms with Crippen molar-refractivity contribution in [3.63, 3.8) is 0 Å². The first-order valence-electron chi connectivity index (χ1n) is 7.35. The second-order valence-electron chi connectivity index (χ2n) is 5.53. The van der Waals surface area contributed by atoms with Crippen LogP contribution in [0.2, 0.25) is 5.02 Å². The topological polar surface area (TPSA) is 105 Å². The molecule has 1 aromatic carbocycles. The van der Waals surface area contributed by atoms with Gasteiger partial charge in [-0.25, -0.2) is 4.39 Å². The van der Waals surface area contributed by atoms with Crippen LogP contribution in [-0.2, 0) is 9.59 Å². The van der Waals surface area contributed by atoms with Crippen molar-refractivity contribution in [2.75, 3.05) is 5.32 Å². The van der Waals surface area contributed by atoms with Crippen LogP contribution in [0.5, 0.6) is 0 Å². The Labute approximate surface area is 154 Å². The zero-order valence-electron chi connectivity index (χ0n) is 13.6. The minimum absolute atomic E-state index is 0.0619. The number of nitrogens with one attached hydrogen (secondary N) is 1. The number of anilines is 1. The molecule has 1 atom stereocenters. The van der Waals surface area contributed by atoms with Gasteiger partial charge in [0.15, 0.2) is 0 Å². The number of hydrogen-bond donors (Lipinski definition) is 2. The number of amides is 1. The highest BCUT2D eigenvalue weighted by atomic mass is 35.5. The maximum absolute atomic E-state index is 14.0. The number of carbonyl (C=O) groups is 2. The second kappa shape index (κ2) is 7.91. The molecule has 0 aliphatic carbocycles. The molecule has 7 nitrogen and oxygen atoms in total. The maximum Gasteiger partial charge on any atom is 0.392 e. The molecule has 0 spiro atoms. The van der Waals surface area contributed by atoms with E-state index in [2.05, 4.69) is 10.2 Å². The number of halogens is 5. The van der Waals surface area contributed by atoms with E-state index in [-0.39, 0.29) is 22.4 Å². The van der Waals surface area contributed by atoms with Crippen LogP contribution in [0, 0.1) is 18.7 Å². The minimum Gasteiger partial charge on any atom is -0.481 e. The van der Waals surface area contributed by atoms with Crippen molar-refractivity contribution in [1.82, 2.24) is 10.2 Å². The van der Waals surface area contributed by atoms with Gasteiger partial charge in [0.05, 0.1) is 28.6 Å². The summed E-state index contributed by atoms with van der Waals surface area (Å²) in [5.74, 6) is -6.23. The first-order chi connectivity index (χ1) is 12.5. The summed E-state index contributed by atoms with van der Waals surface area (Å²) in [5.41, 5.74) is -0.404. The molecule has 2 N–H and O–H groups in total. The Hall–Kier alpha value is -2.69. The molecule has 0 fully saturated rings. The molecule has 0 saturated heterocycles. The fourth-order valence-electron chi connectivity index (χ4n) is 2.15. The normalized spacial score (nSPS) is 12.7. The number of benzene rings is 1. The van der Waals surface area contributed by atoms with Gasteiger partial charge >= 0.3 is 12.1 Å². The van der Waals surface area contributed by atoms with E-state index in [9.17, 15) is 27.2 Å². The second-order valence-corrected chi connectivity index (χ2v) is 5.93. The number of alkyl halides is 3. The number of hydrogen-bond acceptors (Lipinski definition) is 5. The fraction of sp³-hybridized carbons (Fsp3) is 0.333. The first-order valence-corrected chi connectivity index (χ1v) is 7.73. The lowest BCUT2D eigenvalue weighted by atomic mass is 10.0. The van der Waals surface area contributed by atoms with E-state index in [0.717, 1.165) is 12.1 Å². The molecule has 0 bridgehead atoms. The van der Waals surface area contributed by atoms with Gasteiger partial charge in [-0.1, -0.05) is 11.6 Å². The molecule has 27 heavy (non-hydrogen) atoms. The summed E-state index contributed by atoms with van der Waals surface area (Å²) in [6.45, 7) is 1.50. The van der Waals surface area contributed by atoms with E-state index < -0.39 is 48.3 Å². The summed E-state index contributed by atoms with van der Waals surface area (Å²) in [4.78, 5) is 22.4. The number of rotatable bonds is 6. The lowest BCUT2D eigenvalue weighted by Crippen LogP contribution is -2.30. The van der Waals surface area contributed by atoms with E-state index in [1.165, 1.54) is 6.92 Å². The molecule has 0 saturated carbocycles. The van der Waals surface area contributed by atoms with Crippen molar-refractivity contribution in [2.45, 2.75) is 25.9 Å². The van der Waals surface area contributed by atoms with Gasteiger partial charge < -0.3 is 14.8 Å². The molecule has 0 radical (unpaired) electrons. The summed E-state index contributed by atoms with van der Waals surface area (Å²) >= 11 is 5.89. The van der Waals surface area contributed by atoms with Gasteiger partial charge in [0.1, 0.15) is 5.82 Å². The Bertz CT molecular complexity index is 869. The number of aryl methyl sites for hydroxylation is 1. The van der Waals surface area contributed by atoms with Gasteiger partial charge in [-0.05, 0) is 12.1 Å². The van der Waals surface area contributed by atoms with Gasteiger partial charge in [-0.15, -0.1) is 10.2 Å². The molecule has 146 valence electrons. The average Bonchev–Trinajstić information content (AvgIpc) is 2.94. The van der Waals surface area contributed by atoms with Crippen molar-refractivity contribution in [1.29, 1.82) is 0 Å². The third-order valence-electron chi connectivity index (χ3n) is 3.40. The fourth-order valence-corrected chi connectivity index (χ4v) is 2.38. The molecule has 0 aliphatic heterocycles. The zero-order chi connectivity index (χ0) is 20.4. The Kier molecular flexibility index (Phi) is 6.04. The van der Waals surface area contributed by atoms with Crippen LogP contribution in [-0.4, -0.2) is 33.4 Å². The lowest BCUT2D eigenvalue weighted by Gasteiger charge is -2.18. The number of aliphatic carboxylic acids is 1. The summed E-state index contributed by atoms with van der Waals surface area (Å²) in [6, 6.07) is 1.85. The quantitative estimate of drug-likeness (QED) is 0.703. The zero-order valence-corrected chi connectivity index (χ0v) is 14.4. The van der Waals surface area contributed by atoms with Crippen LogP contribution in [0.1, 0.15) is 18.7 Å². The van der Waals surface area contributed by atoms with Crippen molar-refractivity contribution >= 4 is 29.2 Å². The van der Waals surface area contributed by atoms with Crippen molar-refractivity contribution < 1.29 is 36.7 Å². The smallest absolute Gasteiger partial charge is 0.392 e. The number of carboxylic acids is 1. The first kappa shape index (κ1) is 20.6. The number of carboxylic acid groups (broad SMARTS) is 1. The Morgan fingerprint density at radius 3 is 2.48 bits per heavy atom. The van der Waals surface area contributed by atoms with Crippen molar-refractivity contribution in [3.8, 4) is 11.5 Å². The van der Waals surface area contributed by atoms with Gasteiger partial charge in [-0.2, -0.15) is 13.2 Å². The van der Waals surface area contributed by atoms with Crippen molar-refractivity contribution in [2.24, 2.45) is 5.92 Å². The predicted molar refractivity (Wildman–Crippen MR) is 84.5 cm³/mol. The minimum atomic E-state index is -4.90. The standard InChI is InChI=1S/C15H12ClF4N3O4/c1-6-22-23-14(27-6)8-4-11(10(17)5-9(8)16)21-12(24)2-7(3-13(25)26)15(18,19)20/h4-5,7H,2-3H2,1H3,(H,21,24)(H,25,26). The molecule has 1 unspecified atom stereocenters. The summed E-state index contributed by atoms with van der Waals surface area (Å²) < 4.78 is 57.7. The van der Waals surface area contributed by atoms with Gasteiger partial charge in [0.25, 0.3) is 0 Å². The molecule has 1 aromatic heterocycles. The van der Waals surface area contributed by atoms with Gasteiger partial charge in [0, 0.05) is 13.3 Å². The molecule has 1 heterocycles. The lowest BCUT2D eigenvalue weighted by molar-refractivity contribution is -0.185. The van der Waals surface area contributed by atoms with E-state index >= 15 is 0 Å². The Balaban J connectivity index is 2.23. The van der Waals surface area contributed by atoms with Gasteiger partial charge in [-0.3, -0.25) is 9.59 Å². The molecular weight excluding hydrogens is 398 g/mol. The van der Waals surface area contributed by atoms with Crippen molar-refractivity contribution in [3.05, 3.63) is 28.9 Å². The van der Waals surface area contributed by atoms with Gasteiger partial charge in [0.2, 0.25) is 17.7 Å². The monoisotopic (exact) mass is 409 g/mol. The Morgan fingerprint density at radius 1 is 1.30 bits per heavy atom. The third kappa shape index (κ3) is 5.39. The van der Waals surface area contributed by atoms with Crippen LogP contribution in [0.3, 0.4) is 0 Å². The highest BCUT2D eigenvalue weighted by Gasteiger charge is 2.42. The van der Waals surface area contributed by atoms with Crippen LogP contribution in [0.15, 0.2) is 16.5 Å². The number of carbonyl (C=O) groups excluding carboxylic acids is 1. The van der Waals surface area contributed by atoms with E-state index in [4.69, 9.17) is 21.1 Å². The van der Waals surface area contributed by atoms with E-state index in [0.29, 0.717) is 0 Å². The summed E-state index contributed by atoms with van der Waals surface area (Å²) in [5, 5.41) is 17.7. The summed E-state index contributed by atoms with van der Waals surface area (Å²) in [6.07, 6.45) is -7.37. The Morgan fingerprint density at radius 2 is 1.96 bits per heavy atom. The molecule has 12 heteroatoms. The number of aromatic nitrogens is 2. The maximum atomic E-state index is 14.0. The van der Waals surface area contributed by atoms with Crippen LogP contribution >= 0.6 is 11.6 Å². The molecule has 2 rings (SSSR count). The molecule has 0 aliphatic rings. The summed E-state index contributed by atoms with van der Waals surface area (Å²) in [7, 11) is 0. The van der Waals surface area contributed by atoms with E-state index in [1.807, 2.05) is 5.32 Å². The largest absolute Gasteiger partial charge is 0.481 e. The highest BCUT2D eigenvalue weighted by Crippen LogP contribution is 2.34. The predicted octanol–water partition coefficient (Wildman–Crippen LogP) is 3.82.